The maximum Gasteiger partial charge on any atom is 0.213 e. The number of nitrogens with zero attached hydrogens (tertiary/aromatic N) is 2. The van der Waals surface area contributed by atoms with Crippen molar-refractivity contribution in [3.8, 4) is 11.1 Å². The lowest BCUT2D eigenvalue weighted by Crippen LogP contribution is -2.37. The third kappa shape index (κ3) is 2.61. The fraction of sp³-hybridized carbons (Fsp3) is 0.174. The monoisotopic (exact) mass is 343 g/mol. The van der Waals surface area contributed by atoms with E-state index in [0.717, 1.165) is 11.0 Å². The van der Waals surface area contributed by atoms with Gasteiger partial charge >= 0.3 is 0 Å². The van der Waals surface area contributed by atoms with Crippen molar-refractivity contribution in [1.82, 2.24) is 0 Å². The number of para-hydroxylation sites is 3. The summed E-state index contributed by atoms with van der Waals surface area (Å²) in [5, 5.41) is 12.0. The highest BCUT2D eigenvalue weighted by Gasteiger charge is 2.22. The van der Waals surface area contributed by atoms with Crippen molar-refractivity contribution in [3.05, 3.63) is 72.8 Å². The van der Waals surface area contributed by atoms with Crippen molar-refractivity contribution >= 4 is 27.5 Å². The minimum Gasteiger partial charge on any atom is -0.390 e. The first-order chi connectivity index (χ1) is 12.7. The smallest absolute Gasteiger partial charge is 0.213 e. The summed E-state index contributed by atoms with van der Waals surface area (Å²) in [5.41, 5.74) is 5.95. The zero-order valence-corrected chi connectivity index (χ0v) is 15.2. The SMILES string of the molecule is CN(C)c1ccccc1-c1c2ccccc2[n+](CCO)c2ccccc12. The van der Waals surface area contributed by atoms with Gasteiger partial charge in [-0.15, -0.1) is 0 Å². The molecule has 0 bridgehead atoms. The highest BCUT2D eigenvalue weighted by atomic mass is 16.3. The lowest BCUT2D eigenvalue weighted by Gasteiger charge is -2.19. The standard InChI is InChI=1S/C23H23N2O/c1-24(2)20-12-6-3-9-17(20)23-18-10-4-7-13-21(18)25(15-16-26)22-14-8-5-11-19(22)23/h3-14,26H,15-16H2,1-2H3/q+1. The number of fused-ring (bicyclic) bond motifs is 2. The second-order valence-electron chi connectivity index (χ2n) is 6.70. The number of aromatic nitrogens is 1. The van der Waals surface area contributed by atoms with Crippen LogP contribution in [-0.2, 0) is 6.54 Å². The zero-order valence-electron chi connectivity index (χ0n) is 15.2. The van der Waals surface area contributed by atoms with Gasteiger partial charge in [-0.3, -0.25) is 0 Å². The van der Waals surface area contributed by atoms with Crippen LogP contribution in [0.3, 0.4) is 0 Å². The van der Waals surface area contributed by atoms with Gasteiger partial charge in [-0.05, 0) is 18.2 Å². The van der Waals surface area contributed by atoms with Crippen LogP contribution in [-0.4, -0.2) is 25.8 Å². The molecule has 4 aromatic rings. The van der Waals surface area contributed by atoms with Crippen molar-refractivity contribution in [2.75, 3.05) is 25.6 Å². The fourth-order valence-electron chi connectivity index (χ4n) is 3.82. The summed E-state index contributed by atoms with van der Waals surface area (Å²) in [4.78, 5) is 2.16. The van der Waals surface area contributed by atoms with Crippen LogP contribution in [0.1, 0.15) is 0 Å². The third-order valence-corrected chi connectivity index (χ3v) is 4.91. The highest BCUT2D eigenvalue weighted by molar-refractivity contribution is 6.09. The van der Waals surface area contributed by atoms with Gasteiger partial charge in [0.1, 0.15) is 6.61 Å². The number of rotatable bonds is 4. The van der Waals surface area contributed by atoms with Gasteiger partial charge in [0.25, 0.3) is 0 Å². The van der Waals surface area contributed by atoms with Crippen molar-refractivity contribution in [3.63, 3.8) is 0 Å². The minimum atomic E-state index is 0.117. The van der Waals surface area contributed by atoms with Gasteiger partial charge in [0.2, 0.25) is 11.0 Å². The van der Waals surface area contributed by atoms with E-state index in [0.29, 0.717) is 6.54 Å². The summed E-state index contributed by atoms with van der Waals surface area (Å²) in [6, 6.07) is 25.5. The Hall–Kier alpha value is -2.91. The van der Waals surface area contributed by atoms with E-state index < -0.39 is 0 Å². The molecule has 3 heteroatoms. The van der Waals surface area contributed by atoms with Gasteiger partial charge in [0.15, 0.2) is 6.54 Å². The van der Waals surface area contributed by atoms with Gasteiger partial charge in [-0.2, -0.15) is 4.57 Å². The molecule has 1 heterocycles. The van der Waals surface area contributed by atoms with Crippen LogP contribution < -0.4 is 9.47 Å². The van der Waals surface area contributed by atoms with Crippen LogP contribution >= 0.6 is 0 Å². The topological polar surface area (TPSA) is 27.4 Å². The summed E-state index contributed by atoms with van der Waals surface area (Å²) in [5.74, 6) is 0. The first-order valence-corrected chi connectivity index (χ1v) is 8.93. The molecule has 3 aromatic carbocycles. The molecule has 0 aliphatic heterocycles. The molecule has 0 atom stereocenters. The Bertz CT molecular complexity index is 1030. The molecule has 0 amide bonds. The molecule has 0 aliphatic rings. The quantitative estimate of drug-likeness (QED) is 0.448. The Morgan fingerprint density at radius 1 is 0.769 bits per heavy atom. The van der Waals surface area contributed by atoms with E-state index in [4.69, 9.17) is 0 Å². The third-order valence-electron chi connectivity index (χ3n) is 4.91. The first kappa shape index (κ1) is 16.6. The molecule has 130 valence electrons. The summed E-state index contributed by atoms with van der Waals surface area (Å²) in [6.07, 6.45) is 0. The number of hydrogen-bond acceptors (Lipinski definition) is 2. The number of hydrogen-bond donors (Lipinski definition) is 1. The van der Waals surface area contributed by atoms with Crippen molar-refractivity contribution in [2.24, 2.45) is 0 Å². The molecule has 3 nitrogen and oxygen atoms in total. The van der Waals surface area contributed by atoms with Gasteiger partial charge in [-0.1, -0.05) is 42.5 Å². The highest BCUT2D eigenvalue weighted by Crippen LogP contribution is 2.38. The molecule has 0 saturated carbocycles. The van der Waals surface area contributed by atoms with E-state index in [-0.39, 0.29) is 6.61 Å². The van der Waals surface area contributed by atoms with Crippen molar-refractivity contribution in [1.29, 1.82) is 0 Å². The van der Waals surface area contributed by atoms with Crippen LogP contribution in [0.15, 0.2) is 72.8 Å². The number of aliphatic hydroxyl groups is 1. The van der Waals surface area contributed by atoms with Gasteiger partial charge in [-0.25, -0.2) is 0 Å². The molecule has 0 saturated heterocycles. The lowest BCUT2D eigenvalue weighted by molar-refractivity contribution is -0.646. The summed E-state index contributed by atoms with van der Waals surface area (Å²) < 4.78 is 2.21. The zero-order chi connectivity index (χ0) is 18.1. The maximum atomic E-state index is 9.61. The van der Waals surface area contributed by atoms with Gasteiger partial charge < -0.3 is 10.0 Å². The number of anilines is 1. The Morgan fingerprint density at radius 2 is 1.31 bits per heavy atom. The average molecular weight is 343 g/mol. The van der Waals surface area contributed by atoms with Gasteiger partial charge in [0, 0.05) is 43.0 Å². The van der Waals surface area contributed by atoms with Crippen LogP contribution in [0.4, 0.5) is 5.69 Å². The molecule has 0 aliphatic carbocycles. The molecule has 26 heavy (non-hydrogen) atoms. The molecular weight excluding hydrogens is 320 g/mol. The maximum absolute atomic E-state index is 9.61. The summed E-state index contributed by atoms with van der Waals surface area (Å²) in [7, 11) is 4.16. The van der Waals surface area contributed by atoms with Crippen molar-refractivity contribution < 1.29 is 9.67 Å². The molecule has 1 N–H and O–H groups in total. The second-order valence-corrected chi connectivity index (χ2v) is 6.70. The number of benzene rings is 3. The first-order valence-electron chi connectivity index (χ1n) is 8.93. The second kappa shape index (κ2) is 6.77. The molecule has 4 rings (SSSR count). The molecule has 1 aromatic heterocycles. The fourth-order valence-corrected chi connectivity index (χ4v) is 3.82. The van der Waals surface area contributed by atoms with E-state index in [2.05, 4.69) is 96.4 Å². The van der Waals surface area contributed by atoms with E-state index in [9.17, 15) is 5.11 Å². The molecular formula is C23H23N2O+. The number of pyridine rings is 1. The summed E-state index contributed by atoms with van der Waals surface area (Å²) in [6.45, 7) is 0.697. The molecule has 0 unspecified atom stereocenters. The predicted octanol–water partition coefficient (Wildman–Crippen LogP) is 4.01. The molecule has 0 spiro atoms. The Labute approximate surface area is 153 Å². The van der Waals surface area contributed by atoms with Crippen molar-refractivity contribution in [2.45, 2.75) is 6.54 Å². The minimum absolute atomic E-state index is 0.117. The van der Waals surface area contributed by atoms with E-state index >= 15 is 0 Å². The number of aliphatic hydroxyl groups excluding tert-OH is 1. The van der Waals surface area contributed by atoms with Crippen LogP contribution in [0.2, 0.25) is 0 Å². The average Bonchev–Trinajstić information content (AvgIpc) is 2.68. The Balaban J connectivity index is 2.21. The largest absolute Gasteiger partial charge is 0.390 e. The van der Waals surface area contributed by atoms with Crippen LogP contribution in [0, 0.1) is 0 Å². The van der Waals surface area contributed by atoms with E-state index in [1.807, 2.05) is 0 Å². The van der Waals surface area contributed by atoms with E-state index in [1.165, 1.54) is 27.6 Å². The molecule has 0 radical (unpaired) electrons. The Morgan fingerprint density at radius 3 is 1.88 bits per heavy atom. The predicted molar refractivity (Wildman–Crippen MR) is 108 cm³/mol. The van der Waals surface area contributed by atoms with E-state index in [1.54, 1.807) is 0 Å². The normalized spacial score (nSPS) is 11.2. The van der Waals surface area contributed by atoms with Crippen LogP contribution in [0.5, 0.6) is 0 Å². The Kier molecular flexibility index (Phi) is 4.31. The molecule has 0 fully saturated rings. The summed E-state index contributed by atoms with van der Waals surface area (Å²) >= 11 is 0. The van der Waals surface area contributed by atoms with Crippen LogP contribution in [0.25, 0.3) is 32.9 Å². The van der Waals surface area contributed by atoms with Gasteiger partial charge in [0.05, 0.1) is 10.8 Å². The lowest BCUT2D eigenvalue weighted by atomic mass is 9.94.